The minimum atomic E-state index is -0.634. The second kappa shape index (κ2) is 4.69. The third kappa shape index (κ3) is 1.92. The number of nitrogens with two attached hydrogens (primary N) is 1. The SMILES string of the molecule is COC1=C(C)C(OC)[C@H](n2ccc(N)nc2=O)O1. The zero-order valence-corrected chi connectivity index (χ0v) is 10.4. The molecule has 7 nitrogen and oxygen atoms in total. The van der Waals surface area contributed by atoms with Gasteiger partial charge >= 0.3 is 5.69 Å². The molecule has 0 saturated heterocycles. The first kappa shape index (κ1) is 12.4. The minimum Gasteiger partial charge on any atom is -0.469 e. The maximum Gasteiger partial charge on any atom is 0.352 e. The fourth-order valence-corrected chi connectivity index (χ4v) is 1.92. The summed E-state index contributed by atoms with van der Waals surface area (Å²) >= 11 is 0. The third-order valence-corrected chi connectivity index (χ3v) is 2.80. The van der Waals surface area contributed by atoms with Gasteiger partial charge in [-0.15, -0.1) is 0 Å². The Balaban J connectivity index is 2.38. The fourth-order valence-electron chi connectivity index (χ4n) is 1.92. The van der Waals surface area contributed by atoms with E-state index in [2.05, 4.69) is 4.98 Å². The van der Waals surface area contributed by atoms with Gasteiger partial charge in [-0.05, 0) is 13.0 Å². The van der Waals surface area contributed by atoms with Crippen molar-refractivity contribution in [2.24, 2.45) is 0 Å². The molecule has 1 unspecified atom stereocenters. The Morgan fingerprint density at radius 2 is 2.22 bits per heavy atom. The van der Waals surface area contributed by atoms with E-state index >= 15 is 0 Å². The maximum atomic E-state index is 11.8. The van der Waals surface area contributed by atoms with Gasteiger partial charge in [0, 0.05) is 18.9 Å². The second-order valence-corrected chi connectivity index (χ2v) is 3.88. The Morgan fingerprint density at radius 1 is 1.50 bits per heavy atom. The number of anilines is 1. The van der Waals surface area contributed by atoms with Crippen molar-refractivity contribution >= 4 is 5.82 Å². The van der Waals surface area contributed by atoms with Crippen LogP contribution in [0.25, 0.3) is 0 Å². The van der Waals surface area contributed by atoms with Crippen LogP contribution in [0.3, 0.4) is 0 Å². The van der Waals surface area contributed by atoms with E-state index in [-0.39, 0.29) is 5.82 Å². The van der Waals surface area contributed by atoms with E-state index < -0.39 is 18.0 Å². The van der Waals surface area contributed by atoms with E-state index in [9.17, 15) is 4.79 Å². The molecule has 98 valence electrons. The first-order chi connectivity index (χ1) is 8.58. The van der Waals surface area contributed by atoms with Gasteiger partial charge in [0.05, 0.1) is 7.11 Å². The maximum absolute atomic E-state index is 11.8. The average molecular weight is 253 g/mol. The predicted molar refractivity (Wildman–Crippen MR) is 63.5 cm³/mol. The summed E-state index contributed by atoms with van der Waals surface area (Å²) in [5, 5.41) is 0. The van der Waals surface area contributed by atoms with Gasteiger partial charge in [0.25, 0.3) is 5.95 Å². The van der Waals surface area contributed by atoms with Gasteiger partial charge < -0.3 is 19.9 Å². The first-order valence-electron chi connectivity index (χ1n) is 5.37. The Labute approximate surface area is 104 Å². The van der Waals surface area contributed by atoms with Crippen molar-refractivity contribution in [3.8, 4) is 0 Å². The molecule has 0 aliphatic carbocycles. The smallest absolute Gasteiger partial charge is 0.352 e. The number of hydrogen-bond acceptors (Lipinski definition) is 6. The highest BCUT2D eigenvalue weighted by Gasteiger charge is 2.37. The van der Waals surface area contributed by atoms with Crippen LogP contribution in [0.2, 0.25) is 0 Å². The van der Waals surface area contributed by atoms with Crippen LogP contribution >= 0.6 is 0 Å². The average Bonchev–Trinajstić information content (AvgIpc) is 2.65. The topological polar surface area (TPSA) is 88.6 Å². The summed E-state index contributed by atoms with van der Waals surface area (Å²) < 4.78 is 17.3. The lowest BCUT2D eigenvalue weighted by Gasteiger charge is -2.20. The number of ether oxygens (including phenoxy) is 3. The van der Waals surface area contributed by atoms with Crippen LogP contribution in [-0.2, 0) is 14.2 Å². The molecule has 0 radical (unpaired) electrons. The quantitative estimate of drug-likeness (QED) is 0.830. The summed E-state index contributed by atoms with van der Waals surface area (Å²) in [6.45, 7) is 1.82. The Kier molecular flexibility index (Phi) is 3.24. The largest absolute Gasteiger partial charge is 0.469 e. The van der Waals surface area contributed by atoms with Crippen LogP contribution in [0.5, 0.6) is 0 Å². The summed E-state index contributed by atoms with van der Waals surface area (Å²) in [5.74, 6) is 0.524. The van der Waals surface area contributed by atoms with E-state index in [1.807, 2.05) is 6.92 Å². The van der Waals surface area contributed by atoms with Crippen LogP contribution in [-0.4, -0.2) is 29.9 Å². The molecule has 0 spiro atoms. The molecule has 1 aliphatic heterocycles. The van der Waals surface area contributed by atoms with Crippen molar-refractivity contribution in [2.45, 2.75) is 19.3 Å². The van der Waals surface area contributed by atoms with Crippen molar-refractivity contribution in [1.82, 2.24) is 9.55 Å². The summed E-state index contributed by atoms with van der Waals surface area (Å²) in [5.41, 5.74) is 5.74. The molecule has 2 rings (SSSR count). The summed E-state index contributed by atoms with van der Waals surface area (Å²) in [4.78, 5) is 15.4. The van der Waals surface area contributed by atoms with Crippen molar-refractivity contribution < 1.29 is 14.2 Å². The number of aromatic nitrogens is 2. The number of hydrogen-bond donors (Lipinski definition) is 1. The Hall–Kier alpha value is -2.02. The molecule has 7 heteroatoms. The molecule has 2 N–H and O–H groups in total. The van der Waals surface area contributed by atoms with Gasteiger partial charge in [-0.2, -0.15) is 4.98 Å². The number of rotatable bonds is 3. The van der Waals surface area contributed by atoms with Crippen molar-refractivity contribution in [2.75, 3.05) is 20.0 Å². The Morgan fingerprint density at radius 3 is 2.78 bits per heavy atom. The molecule has 0 bridgehead atoms. The summed E-state index contributed by atoms with van der Waals surface area (Å²) in [6, 6.07) is 1.53. The molecular formula is C11H15N3O4. The number of nitrogen functional groups attached to an aromatic ring is 1. The minimum absolute atomic E-state index is 0.167. The summed E-state index contributed by atoms with van der Waals surface area (Å²) in [6.07, 6.45) is 0.487. The van der Waals surface area contributed by atoms with Crippen LogP contribution in [0.15, 0.2) is 28.6 Å². The molecule has 2 heterocycles. The molecule has 0 saturated carbocycles. The lowest BCUT2D eigenvalue weighted by molar-refractivity contribution is -0.0585. The van der Waals surface area contributed by atoms with Crippen molar-refractivity contribution in [3.63, 3.8) is 0 Å². The number of nitrogens with zero attached hydrogens (tertiary/aromatic N) is 2. The molecule has 18 heavy (non-hydrogen) atoms. The van der Waals surface area contributed by atoms with E-state index in [0.717, 1.165) is 5.57 Å². The van der Waals surface area contributed by atoms with Gasteiger partial charge in [0.2, 0.25) is 6.23 Å². The fraction of sp³-hybridized carbons (Fsp3) is 0.455. The van der Waals surface area contributed by atoms with Crippen LogP contribution < -0.4 is 11.4 Å². The third-order valence-electron chi connectivity index (χ3n) is 2.80. The Bertz CT molecular complexity index is 537. The molecule has 1 aromatic heterocycles. The zero-order valence-electron chi connectivity index (χ0n) is 10.4. The van der Waals surface area contributed by atoms with Crippen LogP contribution in [0, 0.1) is 0 Å². The van der Waals surface area contributed by atoms with Crippen molar-refractivity contribution in [1.29, 1.82) is 0 Å². The molecule has 1 aromatic rings. The highest BCUT2D eigenvalue weighted by molar-refractivity contribution is 5.24. The summed E-state index contributed by atoms with van der Waals surface area (Å²) in [7, 11) is 3.04. The lowest BCUT2D eigenvalue weighted by Crippen LogP contribution is -2.33. The van der Waals surface area contributed by atoms with Gasteiger partial charge in [0.1, 0.15) is 11.9 Å². The van der Waals surface area contributed by atoms with Crippen LogP contribution in [0.1, 0.15) is 13.2 Å². The van der Waals surface area contributed by atoms with Gasteiger partial charge in [-0.1, -0.05) is 0 Å². The normalized spacial score (nSPS) is 23.1. The first-order valence-corrected chi connectivity index (χ1v) is 5.37. The second-order valence-electron chi connectivity index (χ2n) is 3.88. The monoisotopic (exact) mass is 253 g/mol. The predicted octanol–water partition coefficient (Wildman–Crippen LogP) is 0.247. The van der Waals surface area contributed by atoms with Gasteiger partial charge in [-0.3, -0.25) is 4.57 Å². The standard InChI is InChI=1S/C11H15N3O4/c1-6-8(16-2)9(18-10(6)17-3)14-5-4-7(12)13-11(14)15/h4-5,8-9H,1-3H3,(H2,12,13,15)/t8?,9-/m1/s1. The molecular weight excluding hydrogens is 238 g/mol. The molecule has 0 aromatic carbocycles. The van der Waals surface area contributed by atoms with Crippen LogP contribution in [0.4, 0.5) is 5.82 Å². The molecule has 1 aliphatic rings. The molecule has 0 fully saturated rings. The van der Waals surface area contributed by atoms with E-state index in [4.69, 9.17) is 19.9 Å². The van der Waals surface area contributed by atoms with Crippen molar-refractivity contribution in [3.05, 3.63) is 34.3 Å². The molecule has 2 atom stereocenters. The highest BCUT2D eigenvalue weighted by atomic mass is 16.7. The zero-order chi connectivity index (χ0) is 13.3. The van der Waals surface area contributed by atoms with Gasteiger partial charge in [-0.25, -0.2) is 4.79 Å². The lowest BCUT2D eigenvalue weighted by atomic mass is 10.2. The highest BCUT2D eigenvalue weighted by Crippen LogP contribution is 2.33. The van der Waals surface area contributed by atoms with E-state index in [1.54, 1.807) is 7.11 Å². The van der Waals surface area contributed by atoms with E-state index in [0.29, 0.717) is 5.95 Å². The molecule has 0 amide bonds. The number of methoxy groups -OCH3 is 2. The van der Waals surface area contributed by atoms with E-state index in [1.165, 1.54) is 23.9 Å². The van der Waals surface area contributed by atoms with Gasteiger partial charge in [0.15, 0.2) is 0 Å².